The molecule has 0 amide bonds. The summed E-state index contributed by atoms with van der Waals surface area (Å²) in [4.78, 5) is 4.45. The van der Waals surface area contributed by atoms with Crippen LogP contribution in [0.25, 0.3) is 11.1 Å². The molecule has 0 atom stereocenters. The van der Waals surface area contributed by atoms with Gasteiger partial charge in [-0.25, -0.2) is 4.98 Å². The summed E-state index contributed by atoms with van der Waals surface area (Å²) < 4.78 is 5.41. The minimum Gasteiger partial charge on any atom is -0.481 e. The van der Waals surface area contributed by atoms with E-state index in [4.69, 9.17) is 4.74 Å². The molecule has 0 spiro atoms. The maximum absolute atomic E-state index is 5.41. The fraction of sp³-hybridized carbons (Fsp3) is 0.190. The third kappa shape index (κ3) is 3.81. The van der Waals surface area contributed by atoms with Crippen molar-refractivity contribution < 1.29 is 4.74 Å². The minimum absolute atomic E-state index is 0.673. The van der Waals surface area contributed by atoms with Crippen molar-refractivity contribution in [2.45, 2.75) is 20.0 Å². The highest BCUT2D eigenvalue weighted by molar-refractivity contribution is 5.63. The van der Waals surface area contributed by atoms with E-state index in [0.717, 1.165) is 23.2 Å². The molecule has 0 aliphatic carbocycles. The molecule has 122 valence electrons. The SMILES string of the molecule is COc1ncc(-c2ccccc2)cc1CNCc1ccccc1C. The monoisotopic (exact) mass is 318 g/mol. The second-order valence-corrected chi connectivity index (χ2v) is 5.79. The molecule has 3 nitrogen and oxygen atoms in total. The average molecular weight is 318 g/mol. The molecule has 0 unspecified atom stereocenters. The van der Waals surface area contributed by atoms with Gasteiger partial charge in [0.2, 0.25) is 5.88 Å². The summed E-state index contributed by atoms with van der Waals surface area (Å²) in [6.45, 7) is 3.67. The molecule has 1 heterocycles. The molecule has 0 fully saturated rings. The molecule has 0 saturated heterocycles. The maximum Gasteiger partial charge on any atom is 0.217 e. The molecule has 2 aromatic carbocycles. The molecule has 3 rings (SSSR count). The number of ether oxygens (including phenoxy) is 1. The van der Waals surface area contributed by atoms with Crippen LogP contribution in [0.15, 0.2) is 66.9 Å². The van der Waals surface area contributed by atoms with Crippen LogP contribution in [0.3, 0.4) is 0 Å². The predicted octanol–water partition coefficient (Wildman–Crippen LogP) is 4.36. The van der Waals surface area contributed by atoms with Crippen LogP contribution >= 0.6 is 0 Å². The van der Waals surface area contributed by atoms with Gasteiger partial charge in [-0.15, -0.1) is 0 Å². The van der Waals surface area contributed by atoms with E-state index in [1.807, 2.05) is 24.4 Å². The van der Waals surface area contributed by atoms with Gasteiger partial charge >= 0.3 is 0 Å². The lowest BCUT2D eigenvalue weighted by molar-refractivity contribution is 0.390. The van der Waals surface area contributed by atoms with Crippen LogP contribution in [0, 0.1) is 6.92 Å². The average Bonchev–Trinajstić information content (AvgIpc) is 2.64. The van der Waals surface area contributed by atoms with E-state index in [1.165, 1.54) is 11.1 Å². The summed E-state index contributed by atoms with van der Waals surface area (Å²) in [5.74, 6) is 0.673. The Hall–Kier alpha value is -2.65. The van der Waals surface area contributed by atoms with Gasteiger partial charge in [0.25, 0.3) is 0 Å². The highest BCUT2D eigenvalue weighted by Gasteiger charge is 2.08. The Kier molecular flexibility index (Phi) is 5.24. The standard InChI is InChI=1S/C21H22N2O/c1-16-8-6-7-11-18(16)13-22-14-20-12-19(15-23-21(20)24-2)17-9-4-3-5-10-17/h3-12,15,22H,13-14H2,1-2H3. The summed E-state index contributed by atoms with van der Waals surface area (Å²) in [5, 5.41) is 3.49. The zero-order valence-electron chi connectivity index (χ0n) is 14.1. The summed E-state index contributed by atoms with van der Waals surface area (Å²) in [5.41, 5.74) is 5.93. The highest BCUT2D eigenvalue weighted by atomic mass is 16.5. The van der Waals surface area contributed by atoms with Gasteiger partial charge in [0.1, 0.15) is 0 Å². The van der Waals surface area contributed by atoms with Gasteiger partial charge in [-0.3, -0.25) is 0 Å². The number of hydrogen-bond donors (Lipinski definition) is 1. The van der Waals surface area contributed by atoms with Crippen molar-refractivity contribution >= 4 is 0 Å². The Balaban J connectivity index is 1.75. The number of benzene rings is 2. The van der Waals surface area contributed by atoms with Crippen molar-refractivity contribution in [3.8, 4) is 17.0 Å². The zero-order valence-corrected chi connectivity index (χ0v) is 14.1. The van der Waals surface area contributed by atoms with E-state index < -0.39 is 0 Å². The topological polar surface area (TPSA) is 34.1 Å². The number of nitrogens with zero attached hydrogens (tertiary/aromatic N) is 1. The quantitative estimate of drug-likeness (QED) is 0.733. The van der Waals surface area contributed by atoms with Gasteiger partial charge in [0.15, 0.2) is 0 Å². The van der Waals surface area contributed by atoms with Gasteiger partial charge < -0.3 is 10.1 Å². The molecule has 0 bridgehead atoms. The number of aromatic nitrogens is 1. The van der Waals surface area contributed by atoms with Crippen molar-refractivity contribution in [2.75, 3.05) is 7.11 Å². The molecule has 1 N–H and O–H groups in total. The Labute approximate surface area is 143 Å². The van der Waals surface area contributed by atoms with Crippen molar-refractivity contribution in [1.29, 1.82) is 0 Å². The Morgan fingerprint density at radius 1 is 0.875 bits per heavy atom. The van der Waals surface area contributed by atoms with Gasteiger partial charge in [0.05, 0.1) is 7.11 Å². The molecule has 0 radical (unpaired) electrons. The van der Waals surface area contributed by atoms with Gasteiger partial charge in [-0.1, -0.05) is 54.6 Å². The maximum atomic E-state index is 5.41. The van der Waals surface area contributed by atoms with Crippen LogP contribution < -0.4 is 10.1 Å². The van der Waals surface area contributed by atoms with E-state index in [9.17, 15) is 0 Å². The second-order valence-electron chi connectivity index (χ2n) is 5.79. The number of rotatable bonds is 6. The van der Waals surface area contributed by atoms with Crippen LogP contribution in [0.4, 0.5) is 0 Å². The lowest BCUT2D eigenvalue weighted by Gasteiger charge is -2.12. The third-order valence-electron chi connectivity index (χ3n) is 4.12. The molecule has 0 saturated carbocycles. The van der Waals surface area contributed by atoms with Crippen LogP contribution in [0.2, 0.25) is 0 Å². The fourth-order valence-corrected chi connectivity index (χ4v) is 2.74. The van der Waals surface area contributed by atoms with Crippen molar-refractivity contribution in [2.24, 2.45) is 0 Å². The number of methoxy groups -OCH3 is 1. The molecule has 3 heteroatoms. The molecular formula is C21H22N2O. The molecule has 1 aromatic heterocycles. The number of pyridine rings is 1. The number of hydrogen-bond acceptors (Lipinski definition) is 3. The molecule has 0 aliphatic heterocycles. The highest BCUT2D eigenvalue weighted by Crippen LogP contribution is 2.24. The normalized spacial score (nSPS) is 10.6. The van der Waals surface area contributed by atoms with Crippen molar-refractivity contribution in [3.05, 3.63) is 83.6 Å². The van der Waals surface area contributed by atoms with Gasteiger partial charge in [0, 0.05) is 30.4 Å². The van der Waals surface area contributed by atoms with Crippen molar-refractivity contribution in [3.63, 3.8) is 0 Å². The molecule has 24 heavy (non-hydrogen) atoms. The molecule has 3 aromatic rings. The lowest BCUT2D eigenvalue weighted by atomic mass is 10.1. The van der Waals surface area contributed by atoms with Crippen LogP contribution in [0.1, 0.15) is 16.7 Å². The van der Waals surface area contributed by atoms with E-state index in [2.05, 4.69) is 59.7 Å². The number of nitrogens with one attached hydrogen (secondary N) is 1. The smallest absolute Gasteiger partial charge is 0.217 e. The van der Waals surface area contributed by atoms with Crippen LogP contribution in [0.5, 0.6) is 5.88 Å². The minimum atomic E-state index is 0.673. The Morgan fingerprint density at radius 3 is 2.33 bits per heavy atom. The lowest BCUT2D eigenvalue weighted by Crippen LogP contribution is -2.14. The summed E-state index contributed by atoms with van der Waals surface area (Å²) in [6, 6.07) is 20.8. The first-order valence-electron chi connectivity index (χ1n) is 8.11. The van der Waals surface area contributed by atoms with E-state index >= 15 is 0 Å². The first-order valence-corrected chi connectivity index (χ1v) is 8.11. The largest absolute Gasteiger partial charge is 0.481 e. The van der Waals surface area contributed by atoms with Gasteiger partial charge in [-0.2, -0.15) is 0 Å². The van der Waals surface area contributed by atoms with Crippen LogP contribution in [-0.2, 0) is 13.1 Å². The van der Waals surface area contributed by atoms with Crippen LogP contribution in [-0.4, -0.2) is 12.1 Å². The predicted molar refractivity (Wildman–Crippen MR) is 97.9 cm³/mol. The first kappa shape index (κ1) is 16.2. The van der Waals surface area contributed by atoms with Gasteiger partial charge in [-0.05, 0) is 29.7 Å². The van der Waals surface area contributed by atoms with E-state index in [1.54, 1.807) is 7.11 Å². The molecule has 0 aliphatic rings. The summed E-state index contributed by atoms with van der Waals surface area (Å²) >= 11 is 0. The third-order valence-corrected chi connectivity index (χ3v) is 4.12. The Bertz CT molecular complexity index is 800. The fourth-order valence-electron chi connectivity index (χ4n) is 2.74. The zero-order chi connectivity index (χ0) is 16.8. The molecular weight excluding hydrogens is 296 g/mol. The van der Waals surface area contributed by atoms with E-state index in [-0.39, 0.29) is 0 Å². The second kappa shape index (κ2) is 7.75. The van der Waals surface area contributed by atoms with Crippen molar-refractivity contribution in [1.82, 2.24) is 10.3 Å². The first-order chi connectivity index (χ1) is 11.8. The summed E-state index contributed by atoms with van der Waals surface area (Å²) in [6.07, 6.45) is 1.86. The van der Waals surface area contributed by atoms with E-state index in [0.29, 0.717) is 12.4 Å². The Morgan fingerprint density at radius 2 is 1.58 bits per heavy atom. The number of aryl methyl sites for hydroxylation is 1. The summed E-state index contributed by atoms with van der Waals surface area (Å²) in [7, 11) is 1.66.